The Balaban J connectivity index is 2.24. The van der Waals surface area contributed by atoms with E-state index in [0.717, 1.165) is 24.5 Å². The molecule has 118 valence electrons. The van der Waals surface area contributed by atoms with E-state index in [1.165, 1.54) is 18.5 Å². The zero-order valence-electron chi connectivity index (χ0n) is 13.3. The first-order chi connectivity index (χ1) is 10.6. The molecule has 1 heterocycles. The number of halogens is 1. The molecule has 0 bridgehead atoms. The Morgan fingerprint density at radius 2 is 1.64 bits per heavy atom. The average Bonchev–Trinajstić information content (AvgIpc) is 2.52. The minimum Gasteiger partial charge on any atom is -0.393 e. The molecule has 0 aliphatic rings. The number of benzene rings is 1. The summed E-state index contributed by atoms with van der Waals surface area (Å²) in [5.74, 6) is 1.19. The van der Waals surface area contributed by atoms with Gasteiger partial charge in [0.1, 0.15) is 17.8 Å². The molecule has 0 saturated heterocycles. The van der Waals surface area contributed by atoms with Gasteiger partial charge in [0.25, 0.3) is 0 Å². The largest absolute Gasteiger partial charge is 0.393 e. The lowest BCUT2D eigenvalue weighted by atomic mass is 10.2. The number of nitrogens with two attached hydrogens (primary N) is 1. The van der Waals surface area contributed by atoms with Gasteiger partial charge in [-0.2, -0.15) is 0 Å². The molecule has 0 amide bonds. The highest BCUT2D eigenvalue weighted by Crippen LogP contribution is 2.28. The maximum Gasteiger partial charge on any atom is 0.157 e. The van der Waals surface area contributed by atoms with Gasteiger partial charge in [-0.15, -0.1) is 0 Å². The number of rotatable bonds is 6. The second-order valence-corrected chi connectivity index (χ2v) is 5.09. The number of aromatic nitrogens is 2. The molecule has 2 aromatic rings. The molecule has 0 spiro atoms. The summed E-state index contributed by atoms with van der Waals surface area (Å²) in [6.07, 6.45) is 1.53. The zero-order valence-corrected chi connectivity index (χ0v) is 13.3. The minimum atomic E-state index is -0.239. The average molecular weight is 303 g/mol. The van der Waals surface area contributed by atoms with Crippen LogP contribution in [0.3, 0.4) is 0 Å². The molecule has 0 aliphatic carbocycles. The molecule has 2 rings (SSSR count). The molecule has 0 fully saturated rings. The van der Waals surface area contributed by atoms with E-state index >= 15 is 0 Å². The molecule has 0 unspecified atom stereocenters. The normalized spacial score (nSPS) is 10.5. The predicted octanol–water partition coefficient (Wildman–Crippen LogP) is 2.68. The smallest absolute Gasteiger partial charge is 0.157 e. The molecule has 2 N–H and O–H groups in total. The van der Waals surface area contributed by atoms with E-state index in [1.807, 2.05) is 11.9 Å². The monoisotopic (exact) mass is 303 g/mol. The lowest BCUT2D eigenvalue weighted by Gasteiger charge is -2.25. The van der Waals surface area contributed by atoms with E-state index in [-0.39, 0.29) is 5.82 Å². The molecule has 5 nitrogen and oxygen atoms in total. The van der Waals surface area contributed by atoms with Gasteiger partial charge in [-0.25, -0.2) is 14.4 Å². The van der Waals surface area contributed by atoms with Crippen LogP contribution in [0.4, 0.5) is 21.7 Å². The van der Waals surface area contributed by atoms with Crippen molar-refractivity contribution < 1.29 is 4.39 Å². The summed E-state index contributed by atoms with van der Waals surface area (Å²) in [7, 11) is 1.91. The second-order valence-electron chi connectivity index (χ2n) is 5.09. The fourth-order valence-corrected chi connectivity index (χ4v) is 2.40. The third kappa shape index (κ3) is 3.44. The molecular formula is C16H22FN5. The number of hydrogen-bond donors (Lipinski definition) is 1. The Morgan fingerprint density at radius 3 is 2.23 bits per heavy atom. The van der Waals surface area contributed by atoms with Crippen LogP contribution < -0.4 is 15.5 Å². The highest BCUT2D eigenvalue weighted by molar-refractivity contribution is 5.75. The second kappa shape index (κ2) is 7.06. The van der Waals surface area contributed by atoms with Gasteiger partial charge in [0.2, 0.25) is 0 Å². The van der Waals surface area contributed by atoms with Crippen molar-refractivity contribution in [3.63, 3.8) is 0 Å². The van der Waals surface area contributed by atoms with Gasteiger partial charge in [0.15, 0.2) is 11.6 Å². The van der Waals surface area contributed by atoms with E-state index in [4.69, 9.17) is 5.73 Å². The Labute approximate surface area is 130 Å². The molecule has 22 heavy (non-hydrogen) atoms. The van der Waals surface area contributed by atoms with Crippen molar-refractivity contribution in [1.29, 1.82) is 0 Å². The number of hydrogen-bond acceptors (Lipinski definition) is 5. The van der Waals surface area contributed by atoms with Crippen molar-refractivity contribution in [1.82, 2.24) is 9.97 Å². The minimum absolute atomic E-state index is 0.239. The first kappa shape index (κ1) is 16.0. The lowest BCUT2D eigenvalue weighted by Crippen LogP contribution is -2.26. The topological polar surface area (TPSA) is 58.3 Å². The van der Waals surface area contributed by atoms with Gasteiger partial charge in [0, 0.05) is 26.7 Å². The number of nitrogen functional groups attached to an aromatic ring is 1. The summed E-state index contributed by atoms with van der Waals surface area (Å²) < 4.78 is 13.0. The third-order valence-corrected chi connectivity index (χ3v) is 3.60. The first-order valence-corrected chi connectivity index (χ1v) is 7.37. The predicted molar refractivity (Wildman–Crippen MR) is 88.5 cm³/mol. The van der Waals surface area contributed by atoms with E-state index in [9.17, 15) is 4.39 Å². The number of anilines is 3. The van der Waals surface area contributed by atoms with E-state index in [2.05, 4.69) is 28.7 Å². The summed E-state index contributed by atoms with van der Waals surface area (Å²) in [6, 6.07) is 6.42. The van der Waals surface area contributed by atoms with Crippen LogP contribution in [0.2, 0.25) is 0 Å². The summed E-state index contributed by atoms with van der Waals surface area (Å²) >= 11 is 0. The fourth-order valence-electron chi connectivity index (χ4n) is 2.40. The van der Waals surface area contributed by atoms with Crippen LogP contribution in [-0.2, 0) is 6.54 Å². The fraction of sp³-hybridized carbons (Fsp3) is 0.375. The molecular weight excluding hydrogens is 281 g/mol. The summed E-state index contributed by atoms with van der Waals surface area (Å²) in [4.78, 5) is 12.6. The van der Waals surface area contributed by atoms with Gasteiger partial charge >= 0.3 is 0 Å². The van der Waals surface area contributed by atoms with Crippen LogP contribution in [0.25, 0.3) is 0 Å². The summed E-state index contributed by atoms with van der Waals surface area (Å²) in [6.45, 7) is 6.39. The molecule has 1 aromatic carbocycles. The van der Waals surface area contributed by atoms with E-state index in [1.54, 1.807) is 12.1 Å². The van der Waals surface area contributed by atoms with Crippen LogP contribution in [-0.4, -0.2) is 30.1 Å². The van der Waals surface area contributed by atoms with Crippen molar-refractivity contribution in [2.24, 2.45) is 0 Å². The first-order valence-electron chi connectivity index (χ1n) is 7.37. The Hall–Kier alpha value is -2.37. The third-order valence-electron chi connectivity index (χ3n) is 3.60. The quantitative estimate of drug-likeness (QED) is 0.889. The van der Waals surface area contributed by atoms with E-state index < -0.39 is 0 Å². The highest BCUT2D eigenvalue weighted by atomic mass is 19.1. The summed E-state index contributed by atoms with van der Waals surface area (Å²) in [5, 5.41) is 0. The molecule has 0 radical (unpaired) electrons. The van der Waals surface area contributed by atoms with Crippen LogP contribution in [0, 0.1) is 5.82 Å². The van der Waals surface area contributed by atoms with Crippen LogP contribution in [0.5, 0.6) is 0 Å². The van der Waals surface area contributed by atoms with Crippen molar-refractivity contribution in [2.75, 3.05) is 35.7 Å². The Kier molecular flexibility index (Phi) is 5.14. The van der Waals surface area contributed by atoms with Crippen molar-refractivity contribution >= 4 is 17.3 Å². The maximum atomic E-state index is 13.0. The highest BCUT2D eigenvalue weighted by Gasteiger charge is 2.15. The van der Waals surface area contributed by atoms with Crippen LogP contribution in [0.1, 0.15) is 19.4 Å². The Morgan fingerprint density at radius 1 is 1.05 bits per heavy atom. The van der Waals surface area contributed by atoms with Gasteiger partial charge < -0.3 is 15.5 Å². The lowest BCUT2D eigenvalue weighted by molar-refractivity contribution is 0.627. The standard InChI is InChI=1S/C16H22FN5/c1-4-22(5-2)16-14(18)15(19-11-20-16)21(3)10-12-6-8-13(17)9-7-12/h6-9,11H,4-5,10,18H2,1-3H3. The molecule has 6 heteroatoms. The van der Waals surface area contributed by atoms with Crippen LogP contribution in [0.15, 0.2) is 30.6 Å². The molecule has 0 atom stereocenters. The maximum absolute atomic E-state index is 13.0. The van der Waals surface area contributed by atoms with Gasteiger partial charge in [-0.1, -0.05) is 12.1 Å². The van der Waals surface area contributed by atoms with Crippen molar-refractivity contribution in [3.8, 4) is 0 Å². The molecule has 1 aromatic heterocycles. The van der Waals surface area contributed by atoms with Gasteiger partial charge in [-0.3, -0.25) is 0 Å². The number of nitrogens with zero attached hydrogens (tertiary/aromatic N) is 4. The molecule has 0 saturated carbocycles. The van der Waals surface area contributed by atoms with Gasteiger partial charge in [-0.05, 0) is 31.5 Å². The zero-order chi connectivity index (χ0) is 16.1. The molecule has 0 aliphatic heterocycles. The van der Waals surface area contributed by atoms with E-state index in [0.29, 0.717) is 18.1 Å². The SMILES string of the molecule is CCN(CC)c1ncnc(N(C)Cc2ccc(F)cc2)c1N. The van der Waals surface area contributed by atoms with Crippen molar-refractivity contribution in [3.05, 3.63) is 42.0 Å². The van der Waals surface area contributed by atoms with Crippen LogP contribution >= 0.6 is 0 Å². The Bertz CT molecular complexity index is 610. The van der Waals surface area contributed by atoms with Crippen molar-refractivity contribution in [2.45, 2.75) is 20.4 Å². The summed E-state index contributed by atoms with van der Waals surface area (Å²) in [5.41, 5.74) is 7.80. The van der Waals surface area contributed by atoms with Gasteiger partial charge in [0.05, 0.1) is 0 Å².